The molecule has 0 aromatic heterocycles. The van der Waals surface area contributed by atoms with E-state index in [1.807, 2.05) is 12.1 Å². The lowest BCUT2D eigenvalue weighted by atomic mass is 9.77. The predicted octanol–water partition coefficient (Wildman–Crippen LogP) is 1.85. The van der Waals surface area contributed by atoms with Gasteiger partial charge >= 0.3 is 0 Å². The van der Waals surface area contributed by atoms with Crippen molar-refractivity contribution in [1.82, 2.24) is 5.32 Å². The number of carbonyl (C=O) groups excluding carboxylic acids is 1. The smallest absolute Gasteiger partial charge is 0.223 e. The first-order valence-electron chi connectivity index (χ1n) is 6.23. The fourth-order valence-corrected chi connectivity index (χ4v) is 3.28. The summed E-state index contributed by atoms with van der Waals surface area (Å²) >= 11 is 0. The normalized spacial score (nSPS) is 31.3. The van der Waals surface area contributed by atoms with E-state index in [4.69, 9.17) is 0 Å². The van der Waals surface area contributed by atoms with Gasteiger partial charge in [-0.25, -0.2) is 0 Å². The van der Waals surface area contributed by atoms with Crippen LogP contribution in [0.15, 0.2) is 24.3 Å². The lowest BCUT2D eigenvalue weighted by Crippen LogP contribution is -2.44. The van der Waals surface area contributed by atoms with Crippen LogP contribution in [0.2, 0.25) is 0 Å². The van der Waals surface area contributed by atoms with Crippen LogP contribution in [0.3, 0.4) is 0 Å². The van der Waals surface area contributed by atoms with Gasteiger partial charge in [-0.3, -0.25) is 4.79 Å². The monoisotopic (exact) mass is 231 g/mol. The first-order valence-corrected chi connectivity index (χ1v) is 6.23. The Morgan fingerprint density at radius 1 is 1.35 bits per heavy atom. The highest BCUT2D eigenvalue weighted by Crippen LogP contribution is 2.46. The van der Waals surface area contributed by atoms with Crippen LogP contribution < -0.4 is 5.32 Å². The summed E-state index contributed by atoms with van der Waals surface area (Å²) in [5, 5.41) is 12.3. The van der Waals surface area contributed by atoms with Crippen molar-refractivity contribution in [2.45, 2.75) is 25.7 Å². The van der Waals surface area contributed by atoms with Crippen molar-refractivity contribution >= 4 is 5.91 Å². The molecule has 3 rings (SSSR count). The van der Waals surface area contributed by atoms with Gasteiger partial charge in [0.05, 0.1) is 0 Å². The standard InChI is InChI=1S/C14H17NO2/c16-12-3-1-10(2-4-12)7-14-6-5-11(8-14)13(17)15-9-14/h1-4,11,16H,5-9H2,(H,15,17). The van der Waals surface area contributed by atoms with Crippen LogP contribution >= 0.6 is 0 Å². The van der Waals surface area contributed by atoms with E-state index in [9.17, 15) is 9.90 Å². The Morgan fingerprint density at radius 3 is 2.88 bits per heavy atom. The first-order chi connectivity index (χ1) is 8.17. The molecule has 1 heterocycles. The highest BCUT2D eigenvalue weighted by atomic mass is 16.3. The highest BCUT2D eigenvalue weighted by molar-refractivity contribution is 5.80. The Morgan fingerprint density at radius 2 is 2.12 bits per heavy atom. The summed E-state index contributed by atoms with van der Waals surface area (Å²) in [4.78, 5) is 11.5. The molecule has 1 aromatic rings. The number of piperidine rings is 1. The van der Waals surface area contributed by atoms with E-state index in [-0.39, 0.29) is 17.2 Å². The number of nitrogens with one attached hydrogen (secondary N) is 1. The highest BCUT2D eigenvalue weighted by Gasteiger charge is 2.45. The molecular formula is C14H17NO2. The van der Waals surface area contributed by atoms with Crippen LogP contribution in [-0.4, -0.2) is 17.6 Å². The average Bonchev–Trinajstić information content (AvgIpc) is 2.68. The third-order valence-electron chi connectivity index (χ3n) is 4.23. The third kappa shape index (κ3) is 1.90. The van der Waals surface area contributed by atoms with E-state index < -0.39 is 0 Å². The van der Waals surface area contributed by atoms with E-state index in [0.29, 0.717) is 5.75 Å². The molecule has 1 aliphatic carbocycles. The van der Waals surface area contributed by atoms with Crippen molar-refractivity contribution in [1.29, 1.82) is 0 Å². The van der Waals surface area contributed by atoms with Crippen molar-refractivity contribution in [3.63, 3.8) is 0 Å². The Labute approximate surface area is 101 Å². The van der Waals surface area contributed by atoms with Gasteiger partial charge < -0.3 is 10.4 Å². The minimum atomic E-state index is 0.237. The lowest BCUT2D eigenvalue weighted by Gasteiger charge is -2.33. The molecule has 17 heavy (non-hydrogen) atoms. The molecule has 3 nitrogen and oxygen atoms in total. The topological polar surface area (TPSA) is 49.3 Å². The second-order valence-electron chi connectivity index (χ2n) is 5.50. The van der Waals surface area contributed by atoms with Crippen molar-refractivity contribution in [3.8, 4) is 5.75 Å². The van der Waals surface area contributed by atoms with Crippen molar-refractivity contribution < 1.29 is 9.90 Å². The summed E-state index contributed by atoms with van der Waals surface area (Å²) in [6.45, 7) is 0.809. The number of phenols is 1. The summed E-state index contributed by atoms with van der Waals surface area (Å²) in [6, 6.07) is 7.43. The van der Waals surface area contributed by atoms with Crippen molar-refractivity contribution in [2.24, 2.45) is 11.3 Å². The maximum Gasteiger partial charge on any atom is 0.223 e. The Bertz CT molecular complexity index is 440. The maximum atomic E-state index is 11.5. The fourth-order valence-electron chi connectivity index (χ4n) is 3.28. The number of phenolic OH excluding ortho intramolecular Hbond substituents is 1. The average molecular weight is 231 g/mol. The maximum absolute atomic E-state index is 11.5. The van der Waals surface area contributed by atoms with Crippen LogP contribution in [0.5, 0.6) is 5.75 Å². The number of aromatic hydroxyl groups is 1. The molecule has 1 saturated heterocycles. The number of carbonyl (C=O) groups is 1. The summed E-state index contributed by atoms with van der Waals surface area (Å²) in [6.07, 6.45) is 4.20. The second kappa shape index (κ2) is 3.76. The molecule has 2 unspecified atom stereocenters. The number of amides is 1. The third-order valence-corrected chi connectivity index (χ3v) is 4.23. The van der Waals surface area contributed by atoms with Gasteiger partial charge in [0.1, 0.15) is 5.75 Å². The SMILES string of the molecule is O=C1NCC2(Cc3ccc(O)cc3)CCC1C2. The van der Waals surface area contributed by atoms with E-state index in [2.05, 4.69) is 5.32 Å². The molecule has 2 fully saturated rings. The first kappa shape index (κ1) is 10.6. The molecule has 90 valence electrons. The Kier molecular flexibility index (Phi) is 2.35. The molecule has 2 bridgehead atoms. The molecule has 0 radical (unpaired) electrons. The van der Waals surface area contributed by atoms with Gasteiger partial charge in [0.25, 0.3) is 0 Å². The molecule has 1 aromatic carbocycles. The fraction of sp³-hybridized carbons (Fsp3) is 0.500. The molecule has 1 aliphatic heterocycles. The number of hydrogen-bond donors (Lipinski definition) is 2. The van der Waals surface area contributed by atoms with E-state index in [0.717, 1.165) is 32.2 Å². The molecule has 1 amide bonds. The van der Waals surface area contributed by atoms with Crippen LogP contribution in [0, 0.1) is 11.3 Å². The second-order valence-corrected chi connectivity index (χ2v) is 5.50. The Balaban J connectivity index is 1.77. The summed E-state index contributed by atoms with van der Waals surface area (Å²) in [5.41, 5.74) is 1.51. The molecule has 2 aliphatic rings. The van der Waals surface area contributed by atoms with Crippen molar-refractivity contribution in [3.05, 3.63) is 29.8 Å². The minimum absolute atomic E-state index is 0.237. The largest absolute Gasteiger partial charge is 0.508 e. The van der Waals surface area contributed by atoms with Crippen LogP contribution in [0.1, 0.15) is 24.8 Å². The molecule has 3 heteroatoms. The summed E-state index contributed by atoms with van der Waals surface area (Å²) < 4.78 is 0. The molecule has 2 N–H and O–H groups in total. The van der Waals surface area contributed by atoms with Gasteiger partial charge in [-0.1, -0.05) is 12.1 Å². The van der Waals surface area contributed by atoms with E-state index in [1.54, 1.807) is 12.1 Å². The quantitative estimate of drug-likeness (QED) is 0.816. The summed E-state index contributed by atoms with van der Waals surface area (Å²) in [7, 11) is 0. The van der Waals surface area contributed by atoms with Crippen molar-refractivity contribution in [2.75, 3.05) is 6.54 Å². The number of rotatable bonds is 2. The predicted molar refractivity (Wildman–Crippen MR) is 64.6 cm³/mol. The van der Waals surface area contributed by atoms with Gasteiger partial charge in [-0.2, -0.15) is 0 Å². The molecular weight excluding hydrogens is 214 g/mol. The Hall–Kier alpha value is -1.51. The number of benzene rings is 1. The minimum Gasteiger partial charge on any atom is -0.508 e. The molecule has 1 saturated carbocycles. The molecule has 0 spiro atoms. The zero-order valence-corrected chi connectivity index (χ0v) is 9.78. The van der Waals surface area contributed by atoms with Gasteiger partial charge in [-0.15, -0.1) is 0 Å². The summed E-state index contributed by atoms with van der Waals surface area (Å²) in [5.74, 6) is 0.789. The van der Waals surface area contributed by atoms with Crippen LogP contribution in [-0.2, 0) is 11.2 Å². The van der Waals surface area contributed by atoms with Gasteiger partial charge in [0.15, 0.2) is 0 Å². The van der Waals surface area contributed by atoms with E-state index in [1.165, 1.54) is 5.56 Å². The van der Waals surface area contributed by atoms with Crippen LogP contribution in [0.25, 0.3) is 0 Å². The number of fused-ring (bicyclic) bond motifs is 2. The van der Waals surface area contributed by atoms with Gasteiger partial charge in [0, 0.05) is 12.5 Å². The zero-order valence-electron chi connectivity index (χ0n) is 9.78. The zero-order chi connectivity index (χ0) is 11.9. The lowest BCUT2D eigenvalue weighted by molar-refractivity contribution is -0.127. The van der Waals surface area contributed by atoms with Gasteiger partial charge in [0.2, 0.25) is 5.91 Å². The van der Waals surface area contributed by atoms with Crippen LogP contribution in [0.4, 0.5) is 0 Å². The van der Waals surface area contributed by atoms with Gasteiger partial charge in [-0.05, 0) is 48.8 Å². The molecule has 2 atom stereocenters. The van der Waals surface area contributed by atoms with E-state index >= 15 is 0 Å². The number of hydrogen-bond acceptors (Lipinski definition) is 2.